The molecule has 29 heavy (non-hydrogen) atoms. The second kappa shape index (κ2) is 12.1. The van der Waals surface area contributed by atoms with Crippen molar-refractivity contribution in [2.75, 3.05) is 13.2 Å². The number of benzene rings is 1. The van der Waals surface area contributed by atoms with E-state index < -0.39 is 24.6 Å². The number of rotatable bonds is 9. The van der Waals surface area contributed by atoms with Gasteiger partial charge in [0.25, 0.3) is 0 Å². The molecule has 0 aliphatic carbocycles. The summed E-state index contributed by atoms with van der Waals surface area (Å²) in [6.45, 7) is 5.84. The molecule has 1 N–H and O–H groups in total. The van der Waals surface area contributed by atoms with Crippen molar-refractivity contribution in [2.45, 2.75) is 33.8 Å². The minimum absolute atomic E-state index is 0.0934. The molecule has 1 amide bonds. The van der Waals surface area contributed by atoms with Gasteiger partial charge in [0.05, 0.1) is 11.6 Å². The first-order valence-electron chi connectivity index (χ1n) is 8.74. The highest BCUT2D eigenvalue weighted by Gasteiger charge is 2.28. The second-order valence-electron chi connectivity index (χ2n) is 5.76. The van der Waals surface area contributed by atoms with E-state index in [1.54, 1.807) is 39.0 Å². The third kappa shape index (κ3) is 8.17. The van der Waals surface area contributed by atoms with Crippen LogP contribution in [0, 0.1) is 0 Å². The molecule has 0 radical (unpaired) electrons. The lowest BCUT2D eigenvalue weighted by molar-refractivity contribution is -0.166. The number of amides is 1. The monoisotopic (exact) mass is 443 g/mol. The van der Waals surface area contributed by atoms with Crippen LogP contribution in [0.15, 0.2) is 41.6 Å². The van der Waals surface area contributed by atoms with Crippen LogP contribution in [0.5, 0.6) is 5.75 Å². The lowest BCUT2D eigenvalue weighted by atomic mass is 10.1. The number of esters is 2. The number of allylic oxidation sites excluding steroid dienone is 2. The lowest BCUT2D eigenvalue weighted by Gasteiger charge is -2.20. The lowest BCUT2D eigenvalue weighted by Crippen LogP contribution is -2.34. The Hall–Kier alpha value is -2.51. The fraction of sp³-hybridized carbons (Fsp3) is 0.350. The van der Waals surface area contributed by atoms with Gasteiger partial charge in [-0.2, -0.15) is 0 Å². The zero-order valence-electron chi connectivity index (χ0n) is 16.6. The Balaban J connectivity index is 3.00. The highest BCUT2D eigenvalue weighted by atomic mass is 35.5. The van der Waals surface area contributed by atoms with Crippen LogP contribution in [0.25, 0.3) is 0 Å². The molecule has 1 rings (SSSR count). The summed E-state index contributed by atoms with van der Waals surface area (Å²) < 4.78 is 15.6. The van der Waals surface area contributed by atoms with Gasteiger partial charge in [0.1, 0.15) is 5.75 Å². The fourth-order valence-electron chi connectivity index (χ4n) is 2.19. The van der Waals surface area contributed by atoms with E-state index in [2.05, 4.69) is 5.32 Å². The summed E-state index contributed by atoms with van der Waals surface area (Å²) in [6, 6.07) is 4.53. The minimum atomic E-state index is -1.36. The molecule has 0 saturated heterocycles. The van der Waals surface area contributed by atoms with Gasteiger partial charge in [-0.1, -0.05) is 29.3 Å². The van der Waals surface area contributed by atoms with Crippen LogP contribution >= 0.6 is 23.2 Å². The van der Waals surface area contributed by atoms with Crippen LogP contribution in [0.3, 0.4) is 0 Å². The van der Waals surface area contributed by atoms with Crippen LogP contribution in [-0.2, 0) is 23.9 Å². The molecule has 158 valence electrons. The molecule has 0 aromatic heterocycles. The number of hydrogen-bond donors (Lipinski definition) is 1. The molecule has 1 aromatic rings. The zero-order chi connectivity index (χ0) is 22.0. The molecule has 1 atom stereocenters. The summed E-state index contributed by atoms with van der Waals surface area (Å²) in [6.07, 6.45) is 1.90. The number of ether oxygens (including phenoxy) is 3. The molecular formula is C20H23Cl2NO6. The minimum Gasteiger partial charge on any atom is -0.480 e. The SMILES string of the molecule is CC=CC(NC(C)=O)=C(C)C(OC(=O)COc1ccc(Cl)cc1Cl)C(=O)OCC. The molecule has 0 spiro atoms. The Labute approximate surface area is 179 Å². The molecule has 0 bridgehead atoms. The van der Waals surface area contributed by atoms with Crippen molar-refractivity contribution >= 4 is 41.0 Å². The quantitative estimate of drug-likeness (QED) is 0.460. The Kier molecular flexibility index (Phi) is 10.3. The van der Waals surface area contributed by atoms with E-state index in [1.165, 1.54) is 19.1 Å². The summed E-state index contributed by atoms with van der Waals surface area (Å²) in [5.41, 5.74) is 0.627. The standard InChI is InChI=1S/C20H23Cl2NO6/c1-5-7-16(23-13(4)24)12(3)19(20(26)27-6-2)29-18(25)11-28-17-9-8-14(21)10-15(17)22/h5,7-10,19H,6,11H2,1-4H3,(H,23,24). The van der Waals surface area contributed by atoms with E-state index in [4.69, 9.17) is 37.4 Å². The fourth-order valence-corrected chi connectivity index (χ4v) is 2.66. The summed E-state index contributed by atoms with van der Waals surface area (Å²) in [5.74, 6) is -1.70. The van der Waals surface area contributed by atoms with Crippen LogP contribution in [0.2, 0.25) is 10.0 Å². The van der Waals surface area contributed by atoms with E-state index in [-0.39, 0.29) is 23.3 Å². The van der Waals surface area contributed by atoms with E-state index in [0.29, 0.717) is 16.3 Å². The van der Waals surface area contributed by atoms with E-state index in [9.17, 15) is 14.4 Å². The van der Waals surface area contributed by atoms with Crippen molar-refractivity contribution < 1.29 is 28.6 Å². The number of nitrogens with one attached hydrogen (secondary N) is 1. The molecule has 1 unspecified atom stereocenters. The Morgan fingerprint density at radius 1 is 1.21 bits per heavy atom. The van der Waals surface area contributed by atoms with Crippen molar-refractivity contribution in [3.63, 3.8) is 0 Å². The maximum absolute atomic E-state index is 12.3. The molecule has 0 heterocycles. The van der Waals surface area contributed by atoms with Gasteiger partial charge in [0.15, 0.2) is 6.61 Å². The average molecular weight is 444 g/mol. The number of halogens is 2. The van der Waals surface area contributed by atoms with Gasteiger partial charge < -0.3 is 19.5 Å². The van der Waals surface area contributed by atoms with Gasteiger partial charge in [0, 0.05) is 23.2 Å². The first-order valence-corrected chi connectivity index (χ1v) is 9.50. The molecule has 9 heteroatoms. The van der Waals surface area contributed by atoms with Crippen LogP contribution in [0.4, 0.5) is 0 Å². The van der Waals surface area contributed by atoms with Gasteiger partial charge in [-0.15, -0.1) is 0 Å². The molecule has 0 saturated carbocycles. The van der Waals surface area contributed by atoms with Crippen LogP contribution in [0.1, 0.15) is 27.7 Å². The normalized spacial score (nSPS) is 12.8. The summed E-state index contributed by atoms with van der Waals surface area (Å²) in [7, 11) is 0. The third-order valence-electron chi connectivity index (χ3n) is 3.45. The maximum Gasteiger partial charge on any atom is 0.351 e. The Morgan fingerprint density at radius 2 is 1.90 bits per heavy atom. The van der Waals surface area contributed by atoms with Gasteiger partial charge in [-0.25, -0.2) is 9.59 Å². The maximum atomic E-state index is 12.3. The molecule has 7 nitrogen and oxygen atoms in total. The Bertz CT molecular complexity index is 819. The molecule has 0 fully saturated rings. The van der Waals surface area contributed by atoms with Gasteiger partial charge >= 0.3 is 11.9 Å². The zero-order valence-corrected chi connectivity index (χ0v) is 18.1. The van der Waals surface area contributed by atoms with Crippen molar-refractivity contribution in [3.8, 4) is 5.75 Å². The number of carbonyl (C=O) groups is 3. The van der Waals surface area contributed by atoms with Crippen LogP contribution < -0.4 is 10.1 Å². The van der Waals surface area contributed by atoms with Crippen molar-refractivity contribution in [3.05, 3.63) is 51.7 Å². The predicted octanol–water partition coefficient (Wildman–Crippen LogP) is 3.83. The molecule has 0 aliphatic heterocycles. The summed E-state index contributed by atoms with van der Waals surface area (Å²) in [4.78, 5) is 36.0. The first kappa shape index (κ1) is 24.5. The topological polar surface area (TPSA) is 90.9 Å². The van der Waals surface area contributed by atoms with E-state index >= 15 is 0 Å². The largest absolute Gasteiger partial charge is 0.480 e. The summed E-state index contributed by atoms with van der Waals surface area (Å²) >= 11 is 11.8. The molecule has 1 aromatic carbocycles. The molecular weight excluding hydrogens is 421 g/mol. The van der Waals surface area contributed by atoms with Gasteiger partial charge in [-0.05, 0) is 45.0 Å². The summed E-state index contributed by atoms with van der Waals surface area (Å²) in [5, 5.41) is 3.24. The van der Waals surface area contributed by atoms with Crippen molar-refractivity contribution in [1.82, 2.24) is 5.32 Å². The van der Waals surface area contributed by atoms with Gasteiger partial charge in [0.2, 0.25) is 12.0 Å². The van der Waals surface area contributed by atoms with E-state index in [1.807, 2.05) is 0 Å². The van der Waals surface area contributed by atoms with Crippen molar-refractivity contribution in [1.29, 1.82) is 0 Å². The smallest absolute Gasteiger partial charge is 0.351 e. The molecule has 0 aliphatic rings. The van der Waals surface area contributed by atoms with E-state index in [0.717, 1.165) is 0 Å². The highest BCUT2D eigenvalue weighted by Crippen LogP contribution is 2.27. The second-order valence-corrected chi connectivity index (χ2v) is 6.61. The van der Waals surface area contributed by atoms with Gasteiger partial charge in [-0.3, -0.25) is 4.79 Å². The number of hydrogen-bond acceptors (Lipinski definition) is 6. The predicted molar refractivity (Wildman–Crippen MR) is 110 cm³/mol. The first-order chi connectivity index (χ1) is 13.7. The van der Waals surface area contributed by atoms with Crippen molar-refractivity contribution in [2.24, 2.45) is 0 Å². The number of carbonyl (C=O) groups excluding carboxylic acids is 3. The van der Waals surface area contributed by atoms with Crippen LogP contribution in [-0.4, -0.2) is 37.2 Å². The highest BCUT2D eigenvalue weighted by molar-refractivity contribution is 6.35. The Morgan fingerprint density at radius 3 is 2.45 bits per heavy atom. The third-order valence-corrected chi connectivity index (χ3v) is 3.98. The average Bonchev–Trinajstić information content (AvgIpc) is 2.64.